The van der Waals surface area contributed by atoms with Crippen LogP contribution in [0.2, 0.25) is 0 Å². The highest BCUT2D eigenvalue weighted by atomic mass is 32.2. The first kappa shape index (κ1) is 28.8. The van der Waals surface area contributed by atoms with Crippen molar-refractivity contribution in [3.63, 3.8) is 0 Å². The van der Waals surface area contributed by atoms with Crippen molar-refractivity contribution in [2.75, 3.05) is 44.1 Å². The zero-order valence-electron chi connectivity index (χ0n) is 20.0. The molecule has 0 aliphatic carbocycles. The summed E-state index contributed by atoms with van der Waals surface area (Å²) >= 11 is 0. The van der Waals surface area contributed by atoms with Crippen LogP contribution in [0.3, 0.4) is 0 Å². The van der Waals surface area contributed by atoms with Gasteiger partial charge in [-0.2, -0.15) is 21.6 Å². The van der Waals surface area contributed by atoms with Crippen LogP contribution in [0, 0.1) is 0 Å². The molecule has 0 aliphatic rings. The van der Waals surface area contributed by atoms with E-state index in [0.717, 1.165) is 11.3 Å². The molecule has 2 rings (SSSR count). The van der Waals surface area contributed by atoms with Crippen LogP contribution >= 0.6 is 0 Å². The quantitative estimate of drug-likeness (QED) is 0.177. The number of nitrogens with zero attached hydrogens (tertiary/aromatic N) is 2. The predicted molar refractivity (Wildman–Crippen MR) is 134 cm³/mol. The molecule has 0 aromatic heterocycles. The molecule has 0 spiro atoms. The maximum atomic E-state index is 12.3. The van der Waals surface area contributed by atoms with E-state index >= 15 is 0 Å². The summed E-state index contributed by atoms with van der Waals surface area (Å²) in [7, 11) is -0.205. The first-order valence-electron chi connectivity index (χ1n) is 10.7. The van der Waals surface area contributed by atoms with E-state index < -0.39 is 22.2 Å². The normalized spacial score (nSPS) is 12.3. The fourth-order valence-electron chi connectivity index (χ4n) is 2.87. The van der Waals surface area contributed by atoms with Gasteiger partial charge in [0.1, 0.15) is 0 Å². The van der Waals surface area contributed by atoms with Crippen LogP contribution in [0.5, 0.6) is 0 Å². The van der Waals surface area contributed by atoms with Gasteiger partial charge in [-0.05, 0) is 47.5 Å². The smallest absolute Gasteiger partial charge is 0.378 e. The van der Waals surface area contributed by atoms with E-state index in [4.69, 9.17) is 0 Å². The molecule has 2 aromatic carbocycles. The molecule has 0 atom stereocenters. The van der Waals surface area contributed by atoms with Gasteiger partial charge in [-0.25, -0.2) is 0 Å². The van der Waals surface area contributed by atoms with Crippen LogP contribution in [-0.2, 0) is 23.9 Å². The van der Waals surface area contributed by atoms with E-state index in [0.29, 0.717) is 11.3 Å². The standard InChI is InChI=1S/C25H27F3N2O5S/c1-29(2)21-10-4-19(5-11-21)8-14-23(31)18-24(32)15-9-20-6-12-22(13-7-20)30(3)16-17-35-36(33,34)25(26,27)28/h4-15H,16-18H2,1-3H3/b14-8+,15-9+. The molecule has 36 heavy (non-hydrogen) atoms. The highest BCUT2D eigenvalue weighted by Gasteiger charge is 2.47. The van der Waals surface area contributed by atoms with Gasteiger partial charge in [0.05, 0.1) is 13.0 Å². The minimum Gasteiger partial charge on any atom is -0.378 e. The second-order valence-corrected chi connectivity index (χ2v) is 9.60. The molecule has 0 saturated heterocycles. The Morgan fingerprint density at radius 1 is 0.833 bits per heavy atom. The number of hydrogen-bond donors (Lipinski definition) is 0. The summed E-state index contributed by atoms with van der Waals surface area (Å²) in [5.41, 5.74) is -2.32. The average Bonchev–Trinajstić information content (AvgIpc) is 2.81. The number of carbonyl (C=O) groups excluding carboxylic acids is 2. The molecule has 2 aromatic rings. The van der Waals surface area contributed by atoms with E-state index in [1.54, 1.807) is 43.5 Å². The number of halogens is 3. The summed E-state index contributed by atoms with van der Waals surface area (Å²) in [6.07, 6.45) is 5.58. The molecule has 11 heteroatoms. The Labute approximate surface area is 208 Å². The van der Waals surface area contributed by atoms with Crippen molar-refractivity contribution in [2.24, 2.45) is 0 Å². The molecule has 0 amide bonds. The number of hydrogen-bond acceptors (Lipinski definition) is 7. The number of alkyl halides is 3. The summed E-state index contributed by atoms with van der Waals surface area (Å²) in [6.45, 7) is -0.767. The summed E-state index contributed by atoms with van der Waals surface area (Å²) in [4.78, 5) is 27.7. The third-order valence-corrected chi connectivity index (χ3v) is 6.01. The predicted octanol–water partition coefficient (Wildman–Crippen LogP) is 4.31. The Morgan fingerprint density at radius 3 is 1.69 bits per heavy atom. The minimum atomic E-state index is -5.63. The van der Waals surface area contributed by atoms with Crippen molar-refractivity contribution in [3.8, 4) is 0 Å². The number of carbonyl (C=O) groups is 2. The molecule has 194 valence electrons. The van der Waals surface area contributed by atoms with Crippen molar-refractivity contribution < 1.29 is 35.4 Å². The zero-order valence-corrected chi connectivity index (χ0v) is 20.8. The molecular formula is C25H27F3N2O5S. The summed E-state index contributed by atoms with van der Waals surface area (Å²) in [5, 5.41) is 0. The van der Waals surface area contributed by atoms with Gasteiger partial charge >= 0.3 is 15.6 Å². The van der Waals surface area contributed by atoms with Crippen LogP contribution in [0.15, 0.2) is 60.7 Å². The van der Waals surface area contributed by atoms with Crippen LogP contribution in [0.4, 0.5) is 24.5 Å². The van der Waals surface area contributed by atoms with Gasteiger partial charge in [-0.15, -0.1) is 0 Å². The van der Waals surface area contributed by atoms with Crippen molar-refractivity contribution in [1.29, 1.82) is 0 Å². The third-order valence-electron chi connectivity index (χ3n) is 4.96. The Balaban J connectivity index is 1.83. The summed E-state index contributed by atoms with van der Waals surface area (Å²) < 4.78 is 62.7. The van der Waals surface area contributed by atoms with Crippen molar-refractivity contribution >= 4 is 45.2 Å². The summed E-state index contributed by atoms with van der Waals surface area (Å²) in [6, 6.07) is 14.2. The lowest BCUT2D eigenvalue weighted by Gasteiger charge is -2.19. The van der Waals surface area contributed by atoms with Gasteiger partial charge in [-0.1, -0.05) is 36.4 Å². The van der Waals surface area contributed by atoms with Gasteiger partial charge in [0.2, 0.25) is 0 Å². The van der Waals surface area contributed by atoms with Crippen LogP contribution in [0.1, 0.15) is 17.5 Å². The van der Waals surface area contributed by atoms with Gasteiger partial charge in [-0.3, -0.25) is 13.8 Å². The fraction of sp³-hybridized carbons (Fsp3) is 0.280. The highest BCUT2D eigenvalue weighted by Crippen LogP contribution is 2.24. The molecule has 0 fully saturated rings. The van der Waals surface area contributed by atoms with E-state index in [-0.39, 0.29) is 24.5 Å². The van der Waals surface area contributed by atoms with E-state index in [9.17, 15) is 31.2 Å². The first-order chi connectivity index (χ1) is 16.8. The van der Waals surface area contributed by atoms with Crippen molar-refractivity contribution in [3.05, 3.63) is 71.8 Å². The Morgan fingerprint density at radius 2 is 1.28 bits per heavy atom. The lowest BCUT2D eigenvalue weighted by Crippen LogP contribution is -2.29. The topological polar surface area (TPSA) is 84.0 Å². The number of likely N-dealkylation sites (N-methyl/N-ethyl adjacent to an activating group) is 1. The lowest BCUT2D eigenvalue weighted by atomic mass is 10.1. The van der Waals surface area contributed by atoms with Crippen molar-refractivity contribution in [2.45, 2.75) is 11.9 Å². The van der Waals surface area contributed by atoms with Gasteiger partial charge in [0.15, 0.2) is 11.6 Å². The van der Waals surface area contributed by atoms with Gasteiger partial charge in [0.25, 0.3) is 0 Å². The van der Waals surface area contributed by atoms with Crippen LogP contribution in [-0.4, -0.2) is 59.8 Å². The van der Waals surface area contributed by atoms with Crippen LogP contribution < -0.4 is 9.80 Å². The molecule has 0 heterocycles. The van der Waals surface area contributed by atoms with E-state index in [1.165, 1.54) is 17.1 Å². The number of ketones is 2. The maximum Gasteiger partial charge on any atom is 0.523 e. The SMILES string of the molecule is CN(C)c1ccc(/C=C/C(=O)CC(=O)/C=C/c2ccc(N(C)CCOS(=O)(=O)C(F)(F)F)cc2)cc1. The van der Waals surface area contributed by atoms with Gasteiger partial charge in [0, 0.05) is 39.1 Å². The second kappa shape index (κ2) is 12.5. The highest BCUT2D eigenvalue weighted by molar-refractivity contribution is 7.87. The Bertz CT molecular complexity index is 1200. The molecular weight excluding hydrogens is 497 g/mol. The molecule has 0 bridgehead atoms. The van der Waals surface area contributed by atoms with Crippen LogP contribution in [0.25, 0.3) is 12.2 Å². The van der Waals surface area contributed by atoms with Crippen molar-refractivity contribution in [1.82, 2.24) is 0 Å². The Kier molecular flexibility index (Phi) is 10.00. The average molecular weight is 525 g/mol. The zero-order chi connectivity index (χ0) is 26.9. The van der Waals surface area contributed by atoms with E-state index in [1.807, 2.05) is 43.3 Å². The number of rotatable bonds is 12. The van der Waals surface area contributed by atoms with Gasteiger partial charge < -0.3 is 9.80 Å². The lowest BCUT2D eigenvalue weighted by molar-refractivity contribution is -0.121. The molecule has 0 unspecified atom stereocenters. The monoisotopic (exact) mass is 524 g/mol. The molecule has 7 nitrogen and oxygen atoms in total. The number of allylic oxidation sites excluding steroid dienone is 2. The summed E-state index contributed by atoms with van der Waals surface area (Å²) in [5.74, 6) is -0.690. The Hall–Kier alpha value is -3.44. The first-order valence-corrected chi connectivity index (χ1v) is 12.2. The minimum absolute atomic E-state index is 0.0988. The second-order valence-electron chi connectivity index (χ2n) is 8.00. The number of anilines is 2. The molecule has 0 aliphatic heterocycles. The molecule has 0 N–H and O–H groups in total. The molecule has 0 radical (unpaired) electrons. The molecule has 0 saturated carbocycles. The maximum absolute atomic E-state index is 12.3. The largest absolute Gasteiger partial charge is 0.523 e. The fourth-order valence-corrected chi connectivity index (χ4v) is 3.30. The number of benzene rings is 2. The van der Waals surface area contributed by atoms with E-state index in [2.05, 4.69) is 4.18 Å². The third kappa shape index (κ3) is 8.97.